The van der Waals surface area contributed by atoms with Gasteiger partial charge in [-0.1, -0.05) is 0 Å². The van der Waals surface area contributed by atoms with Crippen LogP contribution in [0.3, 0.4) is 0 Å². The molecule has 24 heavy (non-hydrogen) atoms. The molecule has 3 aliphatic heterocycles. The van der Waals surface area contributed by atoms with Crippen LogP contribution in [0.2, 0.25) is 0 Å². The standard InChI is InChI=1S/C17H32N4O2.HI/c1-12-10-21(11-13(2)22-12)8-4-7-19-17(18-3)20-15-9-14-5-6-16(15)23-14;/h12-16H,4-11H2,1-3H3,(H2,18,19,20);1H. The van der Waals surface area contributed by atoms with E-state index in [1.165, 1.54) is 12.8 Å². The predicted molar refractivity (Wildman–Crippen MR) is 107 cm³/mol. The summed E-state index contributed by atoms with van der Waals surface area (Å²) < 4.78 is 11.7. The minimum Gasteiger partial charge on any atom is -0.373 e. The van der Waals surface area contributed by atoms with E-state index in [2.05, 4.69) is 34.4 Å². The van der Waals surface area contributed by atoms with Gasteiger partial charge in [0.25, 0.3) is 0 Å². The van der Waals surface area contributed by atoms with Crippen molar-refractivity contribution in [3.63, 3.8) is 0 Å². The van der Waals surface area contributed by atoms with Crippen LogP contribution in [0.1, 0.15) is 39.5 Å². The highest BCUT2D eigenvalue weighted by Gasteiger charge is 2.41. The Hall–Kier alpha value is -0.120. The molecule has 0 amide bonds. The summed E-state index contributed by atoms with van der Waals surface area (Å²) >= 11 is 0. The van der Waals surface area contributed by atoms with Gasteiger partial charge in [0.1, 0.15) is 0 Å². The first-order valence-electron chi connectivity index (χ1n) is 9.14. The second-order valence-electron chi connectivity index (χ2n) is 7.23. The van der Waals surface area contributed by atoms with Gasteiger partial charge in [0.2, 0.25) is 0 Å². The summed E-state index contributed by atoms with van der Waals surface area (Å²) in [5, 5.41) is 6.97. The van der Waals surface area contributed by atoms with Crippen LogP contribution < -0.4 is 10.6 Å². The second kappa shape index (κ2) is 9.54. The molecule has 6 nitrogen and oxygen atoms in total. The van der Waals surface area contributed by atoms with Crippen molar-refractivity contribution in [1.82, 2.24) is 15.5 Å². The molecule has 5 atom stereocenters. The molecule has 3 saturated heterocycles. The van der Waals surface area contributed by atoms with Gasteiger partial charge in [-0.2, -0.15) is 0 Å². The number of nitrogens with zero attached hydrogens (tertiary/aromatic N) is 2. The third-order valence-corrected chi connectivity index (χ3v) is 5.09. The van der Waals surface area contributed by atoms with Crippen molar-refractivity contribution in [2.45, 2.75) is 70.0 Å². The minimum absolute atomic E-state index is 0. The van der Waals surface area contributed by atoms with Gasteiger partial charge < -0.3 is 20.1 Å². The Bertz CT molecular complexity index is 413. The van der Waals surface area contributed by atoms with Crippen LogP contribution in [0, 0.1) is 0 Å². The highest BCUT2D eigenvalue weighted by Crippen LogP contribution is 2.34. The quantitative estimate of drug-likeness (QED) is 0.287. The maximum Gasteiger partial charge on any atom is 0.191 e. The van der Waals surface area contributed by atoms with E-state index in [9.17, 15) is 0 Å². The van der Waals surface area contributed by atoms with Crippen molar-refractivity contribution in [3.05, 3.63) is 0 Å². The Morgan fingerprint density at radius 1 is 1.17 bits per heavy atom. The summed E-state index contributed by atoms with van der Waals surface area (Å²) in [6.07, 6.45) is 6.20. The largest absolute Gasteiger partial charge is 0.373 e. The Morgan fingerprint density at radius 3 is 2.50 bits per heavy atom. The maximum absolute atomic E-state index is 5.89. The van der Waals surface area contributed by atoms with Crippen molar-refractivity contribution >= 4 is 29.9 Å². The number of guanidine groups is 1. The summed E-state index contributed by atoms with van der Waals surface area (Å²) in [4.78, 5) is 6.85. The lowest BCUT2D eigenvalue weighted by Gasteiger charge is -2.35. The Labute approximate surface area is 163 Å². The maximum atomic E-state index is 5.89. The van der Waals surface area contributed by atoms with Gasteiger partial charge in [-0.3, -0.25) is 9.89 Å². The lowest BCUT2D eigenvalue weighted by molar-refractivity contribution is -0.0679. The number of morpholine rings is 1. The minimum atomic E-state index is 0. The van der Waals surface area contributed by atoms with Gasteiger partial charge in [-0.25, -0.2) is 0 Å². The summed E-state index contributed by atoms with van der Waals surface area (Å²) in [7, 11) is 1.84. The molecule has 3 heterocycles. The SMILES string of the molecule is CN=C(NCCCN1CC(C)OC(C)C1)NC1CC2CCC1O2.I. The molecule has 2 bridgehead atoms. The van der Waals surface area contributed by atoms with Crippen molar-refractivity contribution in [1.29, 1.82) is 0 Å². The molecule has 0 saturated carbocycles. The van der Waals surface area contributed by atoms with Crippen molar-refractivity contribution in [3.8, 4) is 0 Å². The first-order valence-corrected chi connectivity index (χ1v) is 9.14. The van der Waals surface area contributed by atoms with Gasteiger partial charge in [-0.15, -0.1) is 24.0 Å². The third-order valence-electron chi connectivity index (χ3n) is 5.09. The molecule has 0 aromatic rings. The van der Waals surface area contributed by atoms with Gasteiger partial charge >= 0.3 is 0 Å². The van der Waals surface area contributed by atoms with E-state index in [4.69, 9.17) is 9.47 Å². The number of hydrogen-bond donors (Lipinski definition) is 2. The lowest BCUT2D eigenvalue weighted by Crippen LogP contribution is -2.48. The fourth-order valence-corrected chi connectivity index (χ4v) is 4.14. The summed E-state index contributed by atoms with van der Waals surface area (Å²) in [5.41, 5.74) is 0. The number of ether oxygens (including phenoxy) is 2. The number of hydrogen-bond acceptors (Lipinski definition) is 4. The highest BCUT2D eigenvalue weighted by atomic mass is 127. The van der Waals surface area contributed by atoms with Gasteiger partial charge in [0, 0.05) is 33.2 Å². The van der Waals surface area contributed by atoms with E-state index in [-0.39, 0.29) is 24.0 Å². The van der Waals surface area contributed by atoms with Crippen LogP contribution in [-0.4, -0.2) is 74.5 Å². The van der Waals surface area contributed by atoms with Crippen LogP contribution >= 0.6 is 24.0 Å². The first kappa shape index (κ1) is 20.2. The predicted octanol–water partition coefficient (Wildman–Crippen LogP) is 1.59. The average Bonchev–Trinajstić information content (AvgIpc) is 3.12. The number of aliphatic imine (C=N–C) groups is 1. The zero-order chi connectivity index (χ0) is 16.2. The highest BCUT2D eigenvalue weighted by molar-refractivity contribution is 14.0. The Balaban J connectivity index is 0.00000208. The number of halogens is 1. The molecule has 5 unspecified atom stereocenters. The molecule has 0 aromatic carbocycles. The van der Waals surface area contributed by atoms with E-state index in [0.717, 1.165) is 45.0 Å². The van der Waals surface area contributed by atoms with Crippen LogP contribution in [0.4, 0.5) is 0 Å². The summed E-state index contributed by atoms with van der Waals surface area (Å²) in [6, 6.07) is 0.431. The number of rotatable bonds is 5. The molecule has 0 aliphatic carbocycles. The first-order chi connectivity index (χ1) is 11.1. The molecule has 0 spiro atoms. The monoisotopic (exact) mass is 452 g/mol. The fourth-order valence-electron chi connectivity index (χ4n) is 4.14. The normalized spacial score (nSPS) is 36.5. The number of fused-ring (bicyclic) bond motifs is 2. The zero-order valence-electron chi connectivity index (χ0n) is 15.2. The number of nitrogens with one attached hydrogen (secondary N) is 2. The Morgan fingerprint density at radius 2 is 1.92 bits per heavy atom. The van der Waals surface area contributed by atoms with E-state index in [0.29, 0.717) is 30.5 Å². The molecule has 0 aromatic heterocycles. The van der Waals surface area contributed by atoms with Crippen molar-refractivity contribution in [2.24, 2.45) is 4.99 Å². The van der Waals surface area contributed by atoms with Crippen LogP contribution in [-0.2, 0) is 9.47 Å². The van der Waals surface area contributed by atoms with E-state index in [1.54, 1.807) is 0 Å². The topological polar surface area (TPSA) is 58.1 Å². The zero-order valence-corrected chi connectivity index (χ0v) is 17.5. The smallest absolute Gasteiger partial charge is 0.191 e. The summed E-state index contributed by atoms with van der Waals surface area (Å²) in [5.74, 6) is 0.912. The Kier molecular flexibility index (Phi) is 8.03. The molecule has 2 N–H and O–H groups in total. The summed E-state index contributed by atoms with van der Waals surface area (Å²) in [6.45, 7) is 8.45. The molecule has 3 fully saturated rings. The van der Waals surface area contributed by atoms with E-state index < -0.39 is 0 Å². The fraction of sp³-hybridized carbons (Fsp3) is 0.941. The molecular weight excluding hydrogens is 419 g/mol. The van der Waals surface area contributed by atoms with Gasteiger partial charge in [0.05, 0.1) is 30.5 Å². The molecule has 3 aliphatic rings. The second-order valence-corrected chi connectivity index (χ2v) is 7.23. The molecule has 3 rings (SSSR count). The van der Waals surface area contributed by atoms with Crippen LogP contribution in [0.5, 0.6) is 0 Å². The van der Waals surface area contributed by atoms with Crippen molar-refractivity contribution < 1.29 is 9.47 Å². The van der Waals surface area contributed by atoms with Crippen LogP contribution in [0.25, 0.3) is 0 Å². The van der Waals surface area contributed by atoms with E-state index >= 15 is 0 Å². The molecule has 7 heteroatoms. The van der Waals surface area contributed by atoms with Crippen molar-refractivity contribution in [2.75, 3.05) is 33.2 Å². The third kappa shape index (κ3) is 5.44. The molecule has 140 valence electrons. The van der Waals surface area contributed by atoms with Gasteiger partial charge in [-0.05, 0) is 39.5 Å². The molecular formula is C17H33IN4O2. The lowest BCUT2D eigenvalue weighted by atomic mass is 9.96. The van der Waals surface area contributed by atoms with Crippen LogP contribution in [0.15, 0.2) is 4.99 Å². The van der Waals surface area contributed by atoms with E-state index in [1.807, 2.05) is 7.05 Å². The molecule has 0 radical (unpaired) electrons. The van der Waals surface area contributed by atoms with Gasteiger partial charge in [0.15, 0.2) is 5.96 Å². The average molecular weight is 452 g/mol.